The zero-order valence-electron chi connectivity index (χ0n) is 8.62. The third-order valence-electron chi connectivity index (χ3n) is 1.92. The van der Waals surface area contributed by atoms with E-state index in [1.165, 1.54) is 11.8 Å². The Morgan fingerprint density at radius 3 is 2.73 bits per heavy atom. The quantitative estimate of drug-likeness (QED) is 0.869. The van der Waals surface area contributed by atoms with Crippen molar-refractivity contribution in [2.24, 2.45) is 5.41 Å². The summed E-state index contributed by atoms with van der Waals surface area (Å²) in [6.07, 6.45) is 0. The van der Waals surface area contributed by atoms with Crippen LogP contribution in [-0.2, 0) is 10.5 Å². The van der Waals surface area contributed by atoms with Crippen molar-refractivity contribution in [3.05, 3.63) is 23.1 Å². The number of furan rings is 1. The van der Waals surface area contributed by atoms with Crippen molar-refractivity contribution >= 4 is 29.3 Å². The van der Waals surface area contributed by atoms with Crippen LogP contribution in [-0.4, -0.2) is 16.8 Å². The molecule has 1 heterocycles. The summed E-state index contributed by atoms with van der Waals surface area (Å²) in [6, 6.07) is 3.48. The minimum absolute atomic E-state index is 0.364. The molecule has 0 radical (unpaired) electrons. The number of thioether (sulfide) groups is 1. The van der Waals surface area contributed by atoms with Crippen molar-refractivity contribution < 1.29 is 14.3 Å². The summed E-state index contributed by atoms with van der Waals surface area (Å²) < 4.78 is 5.16. The van der Waals surface area contributed by atoms with E-state index in [1.54, 1.807) is 26.0 Å². The van der Waals surface area contributed by atoms with Crippen LogP contribution in [0.5, 0.6) is 0 Å². The highest BCUT2D eigenvalue weighted by Gasteiger charge is 2.26. The fourth-order valence-corrected chi connectivity index (χ4v) is 2.15. The Hall–Kier alpha value is -0.610. The van der Waals surface area contributed by atoms with Gasteiger partial charge in [-0.25, -0.2) is 0 Å². The van der Waals surface area contributed by atoms with Crippen molar-refractivity contribution in [2.45, 2.75) is 19.6 Å². The van der Waals surface area contributed by atoms with Crippen LogP contribution in [0.4, 0.5) is 0 Å². The lowest BCUT2D eigenvalue weighted by molar-refractivity contribution is -0.145. The first-order valence-corrected chi connectivity index (χ1v) is 6.00. The fourth-order valence-electron chi connectivity index (χ4n) is 0.898. The molecule has 1 aromatic heterocycles. The van der Waals surface area contributed by atoms with E-state index in [0.29, 0.717) is 16.7 Å². The summed E-state index contributed by atoms with van der Waals surface area (Å²) in [6.45, 7) is 3.41. The van der Waals surface area contributed by atoms with Crippen molar-refractivity contribution in [1.82, 2.24) is 0 Å². The number of carbonyl (C=O) groups is 1. The Kier molecular flexibility index (Phi) is 4.11. The Balaban J connectivity index is 2.36. The normalized spacial score (nSPS) is 11.7. The van der Waals surface area contributed by atoms with Crippen LogP contribution in [0.1, 0.15) is 19.6 Å². The average Bonchev–Trinajstić information content (AvgIpc) is 2.51. The number of rotatable bonds is 5. The maximum Gasteiger partial charge on any atom is 0.309 e. The summed E-state index contributed by atoms with van der Waals surface area (Å²) in [7, 11) is 0. The van der Waals surface area contributed by atoms with Crippen LogP contribution in [0.3, 0.4) is 0 Å². The van der Waals surface area contributed by atoms with E-state index in [0.717, 1.165) is 5.76 Å². The molecule has 84 valence electrons. The second-order valence-electron chi connectivity index (χ2n) is 3.89. The average molecular weight is 249 g/mol. The molecule has 0 aliphatic heterocycles. The van der Waals surface area contributed by atoms with E-state index < -0.39 is 11.4 Å². The molecule has 1 aromatic rings. The molecular weight excluding hydrogens is 236 g/mol. The first-order chi connectivity index (χ1) is 6.92. The van der Waals surface area contributed by atoms with Crippen LogP contribution >= 0.6 is 23.4 Å². The maximum absolute atomic E-state index is 10.8. The van der Waals surface area contributed by atoms with Gasteiger partial charge in [-0.1, -0.05) is 0 Å². The predicted molar refractivity (Wildman–Crippen MR) is 61.3 cm³/mol. The molecule has 0 aromatic carbocycles. The largest absolute Gasteiger partial charge is 0.481 e. The second-order valence-corrected chi connectivity index (χ2v) is 5.25. The molecule has 0 saturated carbocycles. The van der Waals surface area contributed by atoms with Gasteiger partial charge in [0, 0.05) is 5.75 Å². The van der Waals surface area contributed by atoms with Gasteiger partial charge in [0.2, 0.25) is 0 Å². The van der Waals surface area contributed by atoms with Crippen LogP contribution < -0.4 is 0 Å². The lowest BCUT2D eigenvalue weighted by atomic mass is 9.97. The first kappa shape index (κ1) is 12.5. The van der Waals surface area contributed by atoms with Gasteiger partial charge >= 0.3 is 5.97 Å². The van der Waals surface area contributed by atoms with Gasteiger partial charge in [-0.05, 0) is 37.6 Å². The fraction of sp³-hybridized carbons (Fsp3) is 0.500. The van der Waals surface area contributed by atoms with Crippen LogP contribution in [0, 0.1) is 5.41 Å². The number of halogens is 1. The number of hydrogen-bond donors (Lipinski definition) is 1. The van der Waals surface area contributed by atoms with E-state index in [-0.39, 0.29) is 0 Å². The summed E-state index contributed by atoms with van der Waals surface area (Å²) in [4.78, 5) is 10.8. The standard InChI is InChI=1S/C10H13ClO3S/c1-10(2,9(12)13)6-15-5-7-3-4-8(11)14-7/h3-4H,5-6H2,1-2H3,(H,12,13). The highest BCUT2D eigenvalue weighted by atomic mass is 35.5. The molecule has 5 heteroatoms. The molecule has 0 aliphatic rings. The molecule has 0 aliphatic carbocycles. The molecule has 1 N–H and O–H groups in total. The molecule has 0 fully saturated rings. The number of carboxylic acids is 1. The number of aliphatic carboxylic acids is 1. The third-order valence-corrected chi connectivity index (χ3v) is 3.53. The number of hydrogen-bond acceptors (Lipinski definition) is 3. The monoisotopic (exact) mass is 248 g/mol. The Morgan fingerprint density at radius 2 is 2.27 bits per heavy atom. The lowest BCUT2D eigenvalue weighted by Gasteiger charge is -2.17. The van der Waals surface area contributed by atoms with Gasteiger partial charge in [0.15, 0.2) is 5.22 Å². The molecule has 3 nitrogen and oxygen atoms in total. The van der Waals surface area contributed by atoms with Crippen molar-refractivity contribution in [1.29, 1.82) is 0 Å². The topological polar surface area (TPSA) is 50.4 Å². The molecule has 0 bridgehead atoms. The zero-order valence-corrected chi connectivity index (χ0v) is 10.2. The molecule has 0 atom stereocenters. The Labute approximate surface area is 97.8 Å². The van der Waals surface area contributed by atoms with Crippen LogP contribution in [0.2, 0.25) is 5.22 Å². The van der Waals surface area contributed by atoms with E-state index in [4.69, 9.17) is 21.1 Å². The van der Waals surface area contributed by atoms with Crippen LogP contribution in [0.15, 0.2) is 16.5 Å². The van der Waals surface area contributed by atoms with Gasteiger partial charge in [-0.2, -0.15) is 11.8 Å². The van der Waals surface area contributed by atoms with Crippen molar-refractivity contribution in [2.75, 3.05) is 5.75 Å². The van der Waals surface area contributed by atoms with Crippen molar-refractivity contribution in [3.8, 4) is 0 Å². The minimum Gasteiger partial charge on any atom is -0.481 e. The van der Waals surface area contributed by atoms with Gasteiger partial charge < -0.3 is 9.52 Å². The van der Waals surface area contributed by atoms with Gasteiger partial charge in [-0.3, -0.25) is 4.79 Å². The molecule has 0 spiro atoms. The summed E-state index contributed by atoms with van der Waals surface area (Å²) in [5.74, 6) is 1.17. The highest BCUT2D eigenvalue weighted by molar-refractivity contribution is 7.98. The Bertz CT molecular complexity index is 346. The van der Waals surface area contributed by atoms with Gasteiger partial charge in [0.1, 0.15) is 5.76 Å². The molecule has 0 amide bonds. The van der Waals surface area contributed by atoms with Gasteiger partial charge in [0.05, 0.1) is 11.2 Å². The van der Waals surface area contributed by atoms with E-state index >= 15 is 0 Å². The van der Waals surface area contributed by atoms with E-state index in [9.17, 15) is 4.79 Å². The van der Waals surface area contributed by atoms with Crippen LogP contribution in [0.25, 0.3) is 0 Å². The highest BCUT2D eigenvalue weighted by Crippen LogP contribution is 2.25. The molecule has 15 heavy (non-hydrogen) atoms. The van der Waals surface area contributed by atoms with Crippen molar-refractivity contribution in [3.63, 3.8) is 0 Å². The molecule has 1 rings (SSSR count). The maximum atomic E-state index is 10.8. The third kappa shape index (κ3) is 3.80. The second kappa shape index (κ2) is 4.94. The number of carboxylic acid groups (broad SMARTS) is 1. The van der Waals surface area contributed by atoms with E-state index in [1.807, 2.05) is 0 Å². The summed E-state index contributed by atoms with van der Waals surface area (Å²) >= 11 is 7.13. The predicted octanol–water partition coefficient (Wildman–Crippen LogP) is 3.28. The van der Waals surface area contributed by atoms with E-state index in [2.05, 4.69) is 0 Å². The molecule has 0 unspecified atom stereocenters. The smallest absolute Gasteiger partial charge is 0.309 e. The first-order valence-electron chi connectivity index (χ1n) is 4.47. The summed E-state index contributed by atoms with van der Waals surface area (Å²) in [5, 5.41) is 9.25. The Morgan fingerprint density at radius 1 is 1.60 bits per heavy atom. The van der Waals surface area contributed by atoms with Gasteiger partial charge in [-0.15, -0.1) is 0 Å². The zero-order chi connectivity index (χ0) is 11.5. The molecular formula is C10H13ClO3S. The van der Waals surface area contributed by atoms with Gasteiger partial charge in [0.25, 0.3) is 0 Å². The molecule has 0 saturated heterocycles. The summed E-state index contributed by atoms with van der Waals surface area (Å²) in [5.41, 5.74) is -0.707. The SMILES string of the molecule is CC(C)(CSCc1ccc(Cl)o1)C(=O)O. The minimum atomic E-state index is -0.785. The lowest BCUT2D eigenvalue weighted by Crippen LogP contribution is -2.26.